The number of Topliss-reactive ketones (excluding diaryl/α,β-unsaturated/α-hetero) is 1. The molecule has 2 aromatic rings. The van der Waals surface area contributed by atoms with Gasteiger partial charge in [-0.1, -0.05) is 12.1 Å². The number of carbonyl (C=O) groups excluding carboxylic acids is 3. The fourth-order valence-corrected chi connectivity index (χ4v) is 6.46. The molecule has 19 heteroatoms. The van der Waals surface area contributed by atoms with Crippen molar-refractivity contribution in [3.63, 3.8) is 0 Å². The highest BCUT2D eigenvalue weighted by Crippen LogP contribution is 2.52. The molecule has 282 valence electrons. The number of benzene rings is 2. The number of methoxy groups -OCH3 is 1. The maximum absolute atomic E-state index is 13.6. The van der Waals surface area contributed by atoms with Crippen LogP contribution in [0.1, 0.15) is 81.7 Å². The number of fused-ring (bicyclic) bond motifs is 3. The molecule has 1 fully saturated rings. The largest absolute Gasteiger partial charge is 0.507 e. The monoisotopic (exact) mass is 735 g/mol. The molecule has 6 atom stereocenters. The van der Waals surface area contributed by atoms with Crippen molar-refractivity contribution in [3.05, 3.63) is 51.6 Å². The van der Waals surface area contributed by atoms with E-state index in [0.29, 0.717) is 0 Å². The van der Waals surface area contributed by atoms with Gasteiger partial charge in [0, 0.05) is 42.0 Å². The van der Waals surface area contributed by atoms with E-state index in [1.807, 2.05) is 0 Å². The van der Waals surface area contributed by atoms with Gasteiger partial charge in [-0.2, -0.15) is 0 Å². The lowest BCUT2D eigenvalue weighted by Gasteiger charge is -2.42. The first kappa shape index (κ1) is 39.8. The predicted molar refractivity (Wildman–Crippen MR) is 169 cm³/mol. The van der Waals surface area contributed by atoms with Crippen LogP contribution in [-0.4, -0.2) is 131 Å². The zero-order valence-electron chi connectivity index (χ0n) is 27.6. The van der Waals surface area contributed by atoms with E-state index in [-0.39, 0.29) is 34.4 Å². The van der Waals surface area contributed by atoms with Crippen molar-refractivity contribution >= 4 is 35.3 Å². The maximum atomic E-state index is 13.6. The zero-order valence-corrected chi connectivity index (χ0v) is 27.6. The number of carbonyl (C=O) groups is 6. The van der Waals surface area contributed by atoms with Gasteiger partial charge < -0.3 is 65.9 Å². The molecule has 11 N–H and O–H groups in total. The second-order valence-corrected chi connectivity index (χ2v) is 12.6. The first-order valence-corrected chi connectivity index (χ1v) is 15.6. The summed E-state index contributed by atoms with van der Waals surface area (Å²) in [4.78, 5) is 70.2. The minimum absolute atomic E-state index is 0.0173. The Balaban J connectivity index is 0.000000398. The van der Waals surface area contributed by atoms with Gasteiger partial charge in [-0.25, -0.2) is 4.79 Å². The number of hydrogen-bond donors (Lipinski definition) is 10. The number of carboxylic acids is 3. The van der Waals surface area contributed by atoms with E-state index in [1.165, 1.54) is 25.3 Å². The fraction of sp³-hybridized carbons (Fsp3) is 0.455. The molecule has 0 unspecified atom stereocenters. The number of phenolic OH excluding ortho intramolecular Hbond substituents is 2. The first-order chi connectivity index (χ1) is 24.2. The van der Waals surface area contributed by atoms with Crippen molar-refractivity contribution in [2.45, 2.75) is 80.9 Å². The number of carboxylic acid groups (broad SMARTS) is 3. The fourth-order valence-electron chi connectivity index (χ4n) is 6.46. The summed E-state index contributed by atoms with van der Waals surface area (Å²) in [5.41, 5.74) is -0.365. The van der Waals surface area contributed by atoms with E-state index in [9.17, 15) is 54.3 Å². The van der Waals surface area contributed by atoms with Crippen LogP contribution in [0.4, 0.5) is 0 Å². The molecule has 0 bridgehead atoms. The molecule has 1 heterocycles. The maximum Gasteiger partial charge on any atom is 0.336 e. The lowest BCUT2D eigenvalue weighted by atomic mass is 9.72. The van der Waals surface area contributed by atoms with E-state index >= 15 is 0 Å². The predicted octanol–water partition coefficient (Wildman–Crippen LogP) is -1.25. The van der Waals surface area contributed by atoms with Gasteiger partial charge in [0.05, 0.1) is 55.0 Å². The van der Waals surface area contributed by atoms with Crippen molar-refractivity contribution < 1.29 is 88.9 Å². The summed E-state index contributed by atoms with van der Waals surface area (Å²) in [6.45, 7) is 0.560. The van der Waals surface area contributed by atoms with Gasteiger partial charge in [0.15, 0.2) is 23.5 Å². The van der Waals surface area contributed by atoms with E-state index in [4.69, 9.17) is 40.4 Å². The van der Waals surface area contributed by atoms with Crippen LogP contribution in [0.5, 0.6) is 17.2 Å². The molecule has 52 heavy (non-hydrogen) atoms. The molecule has 2 aliphatic carbocycles. The third-order valence-electron chi connectivity index (χ3n) is 9.09. The molecule has 2 aromatic carbocycles. The van der Waals surface area contributed by atoms with Crippen LogP contribution in [0.2, 0.25) is 0 Å². The Hall–Kier alpha value is -5.02. The lowest BCUT2D eigenvalue weighted by Crippen LogP contribution is -2.53. The minimum atomic E-state index is -2.74. The molecule has 0 amide bonds. The Morgan fingerprint density at radius 1 is 1.00 bits per heavy atom. The number of phenols is 2. The van der Waals surface area contributed by atoms with Crippen LogP contribution >= 0.6 is 0 Å². The second-order valence-electron chi connectivity index (χ2n) is 12.6. The molecular formula is C33H37NO18. The van der Waals surface area contributed by atoms with E-state index in [0.717, 1.165) is 0 Å². The Morgan fingerprint density at radius 3 is 2.12 bits per heavy atom. The third-order valence-corrected chi connectivity index (χ3v) is 9.09. The number of aliphatic carboxylic acids is 3. The molecule has 1 saturated heterocycles. The molecule has 19 nitrogen and oxygen atoms in total. The molecule has 0 saturated carbocycles. The van der Waals surface area contributed by atoms with Gasteiger partial charge in [0.2, 0.25) is 5.78 Å². The van der Waals surface area contributed by atoms with Gasteiger partial charge in [0.1, 0.15) is 29.5 Å². The molecule has 5 rings (SSSR count). The van der Waals surface area contributed by atoms with Crippen LogP contribution in [0.3, 0.4) is 0 Å². The van der Waals surface area contributed by atoms with Gasteiger partial charge in [-0.15, -0.1) is 0 Å². The Morgan fingerprint density at radius 2 is 1.60 bits per heavy atom. The summed E-state index contributed by atoms with van der Waals surface area (Å²) >= 11 is 0. The number of ether oxygens (including phenoxy) is 3. The van der Waals surface area contributed by atoms with Crippen LogP contribution in [0, 0.1) is 0 Å². The standard InChI is InChI=1S/C27H29NO11.C6H8O7/c1-10-22(31)13(28)6-17(38-10)39-15-8-27(36,16(30)9-29)7-12-19(15)26(35)21-20(24(12)33)23(32)11-4-3-5-14(37-2)18(11)25(21)34;7-3(8)1-6(13,5(11)12)2-4(9)10/h3-5,10,13,15,17,22,29,31,33,35-36H,6-9,28H2,1-2H3;13H,1-2H2,(H,7,8)(H,9,10)(H,11,12)/t10-,13-,15-,17-,22-,27-;/m0./s1. The van der Waals surface area contributed by atoms with Gasteiger partial charge in [-0.3, -0.25) is 24.0 Å². The zero-order chi connectivity index (χ0) is 39.0. The SMILES string of the molecule is COc1cccc2c1C(=O)c1c(O)c3c(c(O)c1C2=O)C[C@@](O)(C(=O)CO)C[C@@H]3O[C@H]1C[C@H](N)[C@@H](O)[C@H](C)O1.O=C(O)CC(O)(CC(=O)O)C(=O)O. The average molecular weight is 736 g/mol. The first-order valence-electron chi connectivity index (χ1n) is 15.6. The number of aliphatic hydroxyl groups excluding tert-OH is 2. The van der Waals surface area contributed by atoms with Gasteiger partial charge in [0.25, 0.3) is 0 Å². The summed E-state index contributed by atoms with van der Waals surface area (Å²) in [5.74, 6) is -8.79. The summed E-state index contributed by atoms with van der Waals surface area (Å²) in [7, 11) is 1.32. The van der Waals surface area contributed by atoms with Crippen molar-refractivity contribution in [1.82, 2.24) is 0 Å². The number of aliphatic hydroxyl groups is 4. The number of nitrogens with two attached hydrogens (primary N) is 1. The highest BCUT2D eigenvalue weighted by Gasteiger charge is 2.50. The topological polar surface area (TPSA) is 338 Å². The van der Waals surface area contributed by atoms with Crippen LogP contribution in [0.25, 0.3) is 0 Å². The van der Waals surface area contributed by atoms with Crippen LogP contribution < -0.4 is 10.5 Å². The Labute approximate surface area is 293 Å². The molecule has 0 spiro atoms. The second kappa shape index (κ2) is 14.9. The Bertz CT molecular complexity index is 1790. The minimum Gasteiger partial charge on any atom is -0.507 e. The summed E-state index contributed by atoms with van der Waals surface area (Å²) in [6, 6.07) is 3.64. The lowest BCUT2D eigenvalue weighted by molar-refractivity contribution is -0.247. The summed E-state index contributed by atoms with van der Waals surface area (Å²) in [6.07, 6.45) is -7.41. The molecule has 3 aliphatic rings. The smallest absolute Gasteiger partial charge is 0.336 e. The number of rotatable bonds is 10. The van der Waals surface area contributed by atoms with Crippen molar-refractivity contribution in [2.24, 2.45) is 5.73 Å². The Kier molecular flexibility index (Phi) is 11.4. The summed E-state index contributed by atoms with van der Waals surface area (Å²) in [5, 5.41) is 87.5. The quantitative estimate of drug-likeness (QED) is 0.109. The van der Waals surface area contributed by atoms with Gasteiger partial charge in [-0.05, 0) is 13.0 Å². The number of ketones is 3. The number of aromatic hydroxyl groups is 2. The van der Waals surface area contributed by atoms with E-state index in [2.05, 4.69) is 0 Å². The van der Waals surface area contributed by atoms with E-state index in [1.54, 1.807) is 6.92 Å². The highest BCUT2D eigenvalue weighted by molar-refractivity contribution is 6.31. The average Bonchev–Trinajstić information content (AvgIpc) is 3.06. The van der Waals surface area contributed by atoms with Crippen molar-refractivity contribution in [2.75, 3.05) is 13.7 Å². The third kappa shape index (κ3) is 7.33. The molecule has 1 aliphatic heterocycles. The van der Waals surface area contributed by atoms with Gasteiger partial charge >= 0.3 is 17.9 Å². The molecule has 0 aromatic heterocycles. The van der Waals surface area contributed by atoms with E-state index < -0.39 is 132 Å². The molecular weight excluding hydrogens is 698 g/mol. The van der Waals surface area contributed by atoms with Crippen LogP contribution in [0.15, 0.2) is 18.2 Å². The molecule has 0 radical (unpaired) electrons. The summed E-state index contributed by atoms with van der Waals surface area (Å²) < 4.78 is 17.0. The van der Waals surface area contributed by atoms with Crippen LogP contribution in [-0.2, 0) is 35.1 Å². The normalized spacial score (nSPS) is 25.1. The number of hydrogen-bond acceptors (Lipinski definition) is 16. The van der Waals surface area contributed by atoms with Crippen molar-refractivity contribution in [3.8, 4) is 17.2 Å². The van der Waals surface area contributed by atoms with Crippen molar-refractivity contribution in [1.29, 1.82) is 0 Å². The highest BCUT2D eigenvalue weighted by atomic mass is 16.7.